The van der Waals surface area contributed by atoms with Crippen molar-refractivity contribution in [1.82, 2.24) is 0 Å². The van der Waals surface area contributed by atoms with E-state index in [-0.39, 0.29) is 6.04 Å². The third kappa shape index (κ3) is 3.07. The molecule has 106 valence electrons. The Labute approximate surface area is 117 Å². The Bertz CT molecular complexity index is 613. The van der Waals surface area contributed by atoms with Gasteiger partial charge < -0.3 is 10.1 Å². The summed E-state index contributed by atoms with van der Waals surface area (Å²) in [6.45, 7) is 3.86. The highest BCUT2D eigenvalue weighted by Gasteiger charge is 2.11. The van der Waals surface area contributed by atoms with E-state index in [0.717, 1.165) is 17.3 Å². The fraction of sp³-hybridized carbons (Fsp3) is 0.250. The lowest BCUT2D eigenvalue weighted by molar-refractivity contribution is 0.416. The van der Waals surface area contributed by atoms with Crippen molar-refractivity contribution in [3.05, 3.63) is 59.2 Å². The van der Waals surface area contributed by atoms with Crippen LogP contribution in [-0.2, 0) is 0 Å². The van der Waals surface area contributed by atoms with E-state index >= 15 is 0 Å². The number of methoxy groups -OCH3 is 1. The zero-order chi connectivity index (χ0) is 14.7. The van der Waals surface area contributed by atoms with Crippen LogP contribution < -0.4 is 10.1 Å². The van der Waals surface area contributed by atoms with E-state index in [1.807, 2.05) is 32.0 Å². The number of rotatable bonds is 4. The van der Waals surface area contributed by atoms with Gasteiger partial charge >= 0.3 is 0 Å². The molecule has 0 bridgehead atoms. The predicted molar refractivity (Wildman–Crippen MR) is 76.1 cm³/mol. The summed E-state index contributed by atoms with van der Waals surface area (Å²) in [5, 5.41) is 3.25. The summed E-state index contributed by atoms with van der Waals surface area (Å²) >= 11 is 0. The van der Waals surface area contributed by atoms with Crippen LogP contribution in [0.15, 0.2) is 36.4 Å². The van der Waals surface area contributed by atoms with Crippen LogP contribution >= 0.6 is 0 Å². The Morgan fingerprint density at radius 1 is 1.05 bits per heavy atom. The first-order chi connectivity index (χ1) is 9.51. The van der Waals surface area contributed by atoms with Crippen molar-refractivity contribution < 1.29 is 13.5 Å². The van der Waals surface area contributed by atoms with Gasteiger partial charge in [0, 0.05) is 6.04 Å². The van der Waals surface area contributed by atoms with E-state index in [0.29, 0.717) is 11.3 Å². The molecule has 0 heterocycles. The van der Waals surface area contributed by atoms with Crippen LogP contribution in [0.5, 0.6) is 5.75 Å². The zero-order valence-electron chi connectivity index (χ0n) is 11.7. The standard InChI is InChI=1S/C16H17F2NO/c1-10-4-7-16(20-3)15(8-10)19-11(2)12-5-6-13(17)14(18)9-12/h4-9,11,19H,1-3H3. The fourth-order valence-electron chi connectivity index (χ4n) is 2.03. The number of hydrogen-bond donors (Lipinski definition) is 1. The summed E-state index contributed by atoms with van der Waals surface area (Å²) in [7, 11) is 1.60. The van der Waals surface area contributed by atoms with Gasteiger partial charge in [0.25, 0.3) is 0 Å². The van der Waals surface area contributed by atoms with Gasteiger partial charge in [0.15, 0.2) is 11.6 Å². The Kier molecular flexibility index (Phi) is 4.23. The number of aryl methyl sites for hydroxylation is 1. The van der Waals surface area contributed by atoms with Gasteiger partial charge in [-0.3, -0.25) is 0 Å². The van der Waals surface area contributed by atoms with Gasteiger partial charge in [-0.25, -0.2) is 8.78 Å². The predicted octanol–water partition coefficient (Wildman–Crippen LogP) is 4.45. The van der Waals surface area contributed by atoms with Crippen LogP contribution in [0.4, 0.5) is 14.5 Å². The molecule has 0 amide bonds. The van der Waals surface area contributed by atoms with Crippen LogP contribution in [0.3, 0.4) is 0 Å². The fourth-order valence-corrected chi connectivity index (χ4v) is 2.03. The third-order valence-electron chi connectivity index (χ3n) is 3.17. The molecule has 0 aromatic heterocycles. The molecule has 0 aliphatic carbocycles. The quantitative estimate of drug-likeness (QED) is 0.891. The molecule has 0 aliphatic rings. The summed E-state index contributed by atoms with van der Waals surface area (Å²) in [6, 6.07) is 9.52. The van der Waals surface area contributed by atoms with Gasteiger partial charge in [0.2, 0.25) is 0 Å². The smallest absolute Gasteiger partial charge is 0.159 e. The SMILES string of the molecule is COc1ccc(C)cc1NC(C)c1ccc(F)c(F)c1. The average molecular weight is 277 g/mol. The van der Waals surface area contributed by atoms with E-state index < -0.39 is 11.6 Å². The number of hydrogen-bond acceptors (Lipinski definition) is 2. The van der Waals surface area contributed by atoms with Gasteiger partial charge in [-0.15, -0.1) is 0 Å². The number of anilines is 1. The molecule has 2 aromatic rings. The van der Waals surface area contributed by atoms with E-state index in [2.05, 4.69) is 5.32 Å². The maximum absolute atomic E-state index is 13.3. The molecular weight excluding hydrogens is 260 g/mol. The lowest BCUT2D eigenvalue weighted by Gasteiger charge is -2.18. The second-order valence-electron chi connectivity index (χ2n) is 4.74. The van der Waals surface area contributed by atoms with E-state index in [1.54, 1.807) is 13.2 Å². The van der Waals surface area contributed by atoms with E-state index in [4.69, 9.17) is 4.74 Å². The number of nitrogens with one attached hydrogen (secondary N) is 1. The van der Waals surface area contributed by atoms with Gasteiger partial charge in [-0.05, 0) is 49.2 Å². The molecule has 0 aliphatic heterocycles. The highest BCUT2D eigenvalue weighted by molar-refractivity contribution is 5.59. The van der Waals surface area contributed by atoms with E-state index in [1.165, 1.54) is 6.07 Å². The van der Waals surface area contributed by atoms with Crippen LogP contribution in [0, 0.1) is 18.6 Å². The third-order valence-corrected chi connectivity index (χ3v) is 3.17. The average Bonchev–Trinajstić information content (AvgIpc) is 2.42. The van der Waals surface area contributed by atoms with Crippen molar-refractivity contribution in [1.29, 1.82) is 0 Å². The first-order valence-electron chi connectivity index (χ1n) is 6.37. The molecule has 1 atom stereocenters. The molecule has 2 aromatic carbocycles. The van der Waals surface area contributed by atoms with Gasteiger partial charge in [0.1, 0.15) is 5.75 Å². The highest BCUT2D eigenvalue weighted by atomic mass is 19.2. The lowest BCUT2D eigenvalue weighted by Crippen LogP contribution is -2.08. The minimum atomic E-state index is -0.840. The molecule has 2 rings (SSSR count). The molecular formula is C16H17F2NO. The summed E-state index contributed by atoms with van der Waals surface area (Å²) in [5.41, 5.74) is 2.59. The van der Waals surface area contributed by atoms with Crippen LogP contribution in [0.2, 0.25) is 0 Å². The highest BCUT2D eigenvalue weighted by Crippen LogP contribution is 2.29. The van der Waals surface area contributed by atoms with Gasteiger partial charge in [-0.2, -0.15) is 0 Å². The maximum Gasteiger partial charge on any atom is 0.159 e. The molecule has 0 spiro atoms. The molecule has 0 saturated heterocycles. The zero-order valence-corrected chi connectivity index (χ0v) is 11.7. The van der Waals surface area contributed by atoms with Crippen LogP contribution in [-0.4, -0.2) is 7.11 Å². The van der Waals surface area contributed by atoms with Crippen molar-refractivity contribution in [3.8, 4) is 5.75 Å². The van der Waals surface area contributed by atoms with Gasteiger partial charge in [-0.1, -0.05) is 12.1 Å². The molecule has 0 radical (unpaired) electrons. The monoisotopic (exact) mass is 277 g/mol. The first-order valence-corrected chi connectivity index (χ1v) is 6.37. The normalized spacial score (nSPS) is 12.1. The molecule has 1 unspecified atom stereocenters. The molecule has 2 nitrogen and oxygen atoms in total. The minimum Gasteiger partial charge on any atom is -0.495 e. The minimum absolute atomic E-state index is 0.166. The molecule has 0 fully saturated rings. The number of ether oxygens (including phenoxy) is 1. The summed E-state index contributed by atoms with van der Waals surface area (Å²) < 4.78 is 31.5. The first kappa shape index (κ1) is 14.3. The maximum atomic E-state index is 13.3. The molecule has 4 heteroatoms. The molecule has 20 heavy (non-hydrogen) atoms. The summed E-state index contributed by atoms with van der Waals surface area (Å²) in [5.74, 6) is -0.966. The Balaban J connectivity index is 2.24. The van der Waals surface area contributed by atoms with E-state index in [9.17, 15) is 8.78 Å². The van der Waals surface area contributed by atoms with Crippen molar-refractivity contribution in [2.45, 2.75) is 19.9 Å². The molecule has 0 saturated carbocycles. The second kappa shape index (κ2) is 5.90. The van der Waals surface area contributed by atoms with Crippen molar-refractivity contribution in [3.63, 3.8) is 0 Å². The van der Waals surface area contributed by atoms with Crippen LogP contribution in [0.1, 0.15) is 24.1 Å². The Hall–Kier alpha value is -2.10. The second-order valence-corrected chi connectivity index (χ2v) is 4.74. The van der Waals surface area contributed by atoms with Gasteiger partial charge in [0.05, 0.1) is 12.8 Å². The summed E-state index contributed by atoms with van der Waals surface area (Å²) in [4.78, 5) is 0. The van der Waals surface area contributed by atoms with Crippen LogP contribution in [0.25, 0.3) is 0 Å². The number of benzene rings is 2. The topological polar surface area (TPSA) is 21.3 Å². The Morgan fingerprint density at radius 2 is 1.80 bits per heavy atom. The molecule has 1 N–H and O–H groups in total. The largest absolute Gasteiger partial charge is 0.495 e. The number of halogens is 2. The van der Waals surface area contributed by atoms with Crippen molar-refractivity contribution in [2.24, 2.45) is 0 Å². The summed E-state index contributed by atoms with van der Waals surface area (Å²) in [6.07, 6.45) is 0. The Morgan fingerprint density at radius 3 is 2.45 bits per heavy atom. The van der Waals surface area contributed by atoms with Crippen molar-refractivity contribution >= 4 is 5.69 Å². The lowest BCUT2D eigenvalue weighted by atomic mass is 10.1. The van der Waals surface area contributed by atoms with Crippen molar-refractivity contribution in [2.75, 3.05) is 12.4 Å².